The van der Waals surface area contributed by atoms with Gasteiger partial charge in [-0.15, -0.1) is 0 Å². The Bertz CT molecular complexity index is 438. The summed E-state index contributed by atoms with van der Waals surface area (Å²) in [6.07, 6.45) is 2.90. The molecule has 1 aromatic carbocycles. The van der Waals surface area contributed by atoms with Crippen LogP contribution in [0.3, 0.4) is 0 Å². The maximum atomic E-state index is 12.4. The molecular weight excluding hydrogens is 226 g/mol. The molecule has 2 N–H and O–H groups in total. The molecule has 0 unspecified atom stereocenters. The third-order valence-electron chi connectivity index (χ3n) is 3.86. The highest BCUT2D eigenvalue weighted by Crippen LogP contribution is 2.44. The zero-order valence-corrected chi connectivity index (χ0v) is 11.1. The molecule has 0 bridgehead atoms. The van der Waals surface area contributed by atoms with E-state index < -0.39 is 0 Å². The smallest absolute Gasteiger partial charge is 0.230 e. The van der Waals surface area contributed by atoms with Crippen LogP contribution in [0.5, 0.6) is 0 Å². The molecule has 0 spiro atoms. The lowest BCUT2D eigenvalue weighted by atomic mass is 9.63. The summed E-state index contributed by atoms with van der Waals surface area (Å²) >= 11 is 0. The van der Waals surface area contributed by atoms with Crippen LogP contribution in [0.25, 0.3) is 0 Å². The van der Waals surface area contributed by atoms with E-state index in [1.807, 2.05) is 32.0 Å². The number of nitrogens with one attached hydrogen (secondary N) is 1. The highest BCUT2D eigenvalue weighted by atomic mass is 16.3. The number of aryl methyl sites for hydroxylation is 1. The molecule has 0 aromatic heterocycles. The molecule has 1 atom stereocenters. The normalized spacial score (nSPS) is 18.8. The van der Waals surface area contributed by atoms with Gasteiger partial charge in [-0.1, -0.05) is 36.2 Å². The largest absolute Gasteiger partial charge is 0.394 e. The predicted octanol–water partition coefficient (Wildman–Crippen LogP) is 1.91. The Labute approximate surface area is 108 Å². The van der Waals surface area contributed by atoms with Crippen LogP contribution in [0, 0.1) is 6.92 Å². The molecule has 98 valence electrons. The lowest BCUT2D eigenvalue weighted by Gasteiger charge is -2.41. The number of hydrogen-bond donors (Lipinski definition) is 2. The van der Waals surface area contributed by atoms with Gasteiger partial charge < -0.3 is 10.4 Å². The van der Waals surface area contributed by atoms with Crippen molar-refractivity contribution < 1.29 is 9.90 Å². The minimum Gasteiger partial charge on any atom is -0.394 e. The highest BCUT2D eigenvalue weighted by Gasteiger charge is 2.45. The van der Waals surface area contributed by atoms with Gasteiger partial charge >= 0.3 is 0 Å². The quantitative estimate of drug-likeness (QED) is 0.854. The van der Waals surface area contributed by atoms with Gasteiger partial charge in [-0.2, -0.15) is 0 Å². The molecule has 2 rings (SSSR count). The maximum Gasteiger partial charge on any atom is 0.230 e. The second-order valence-electron chi connectivity index (χ2n) is 5.36. The Hall–Kier alpha value is -1.35. The number of amides is 1. The van der Waals surface area contributed by atoms with Gasteiger partial charge in [0.05, 0.1) is 12.0 Å². The summed E-state index contributed by atoms with van der Waals surface area (Å²) in [5.41, 5.74) is 1.92. The number of aliphatic hydroxyl groups is 1. The number of carbonyl (C=O) groups excluding carboxylic acids is 1. The van der Waals surface area contributed by atoms with E-state index in [1.54, 1.807) is 0 Å². The van der Waals surface area contributed by atoms with Crippen molar-refractivity contribution in [1.29, 1.82) is 0 Å². The van der Waals surface area contributed by atoms with Crippen molar-refractivity contribution in [3.05, 3.63) is 35.4 Å². The van der Waals surface area contributed by atoms with E-state index in [-0.39, 0.29) is 24.0 Å². The second-order valence-corrected chi connectivity index (χ2v) is 5.36. The lowest BCUT2D eigenvalue weighted by molar-refractivity contribution is -0.130. The van der Waals surface area contributed by atoms with Crippen molar-refractivity contribution >= 4 is 5.91 Å². The van der Waals surface area contributed by atoms with Crippen LogP contribution in [0.2, 0.25) is 0 Å². The number of carbonyl (C=O) groups is 1. The first-order valence-corrected chi connectivity index (χ1v) is 6.57. The lowest BCUT2D eigenvalue weighted by Crippen LogP contribution is -2.52. The van der Waals surface area contributed by atoms with Crippen molar-refractivity contribution in [1.82, 2.24) is 5.32 Å². The molecule has 0 saturated heterocycles. The van der Waals surface area contributed by atoms with E-state index in [4.69, 9.17) is 5.11 Å². The Balaban J connectivity index is 2.23. The van der Waals surface area contributed by atoms with Gasteiger partial charge in [-0.05, 0) is 32.3 Å². The number of aliphatic hydroxyl groups excluding tert-OH is 1. The van der Waals surface area contributed by atoms with E-state index in [1.165, 1.54) is 5.56 Å². The molecule has 3 nitrogen and oxygen atoms in total. The summed E-state index contributed by atoms with van der Waals surface area (Å²) < 4.78 is 0. The molecule has 0 heterocycles. The van der Waals surface area contributed by atoms with Crippen LogP contribution in [0.15, 0.2) is 24.3 Å². The Morgan fingerprint density at radius 1 is 1.50 bits per heavy atom. The molecule has 0 radical (unpaired) electrons. The third kappa shape index (κ3) is 2.27. The number of benzene rings is 1. The van der Waals surface area contributed by atoms with Gasteiger partial charge in [0, 0.05) is 6.04 Å². The minimum atomic E-state index is -0.366. The first-order valence-electron chi connectivity index (χ1n) is 6.57. The molecule has 3 heteroatoms. The van der Waals surface area contributed by atoms with Gasteiger partial charge in [-0.25, -0.2) is 0 Å². The highest BCUT2D eigenvalue weighted by molar-refractivity contribution is 5.89. The summed E-state index contributed by atoms with van der Waals surface area (Å²) in [5, 5.41) is 11.9. The fourth-order valence-electron chi connectivity index (χ4n) is 2.53. The first-order chi connectivity index (χ1) is 8.58. The SMILES string of the molecule is Cc1cccc(C2(C(=O)N[C@@H](C)CO)CCC2)c1. The molecule has 1 aromatic rings. The molecular formula is C15H21NO2. The molecule has 1 saturated carbocycles. The predicted molar refractivity (Wildman–Crippen MR) is 71.4 cm³/mol. The molecule has 0 aliphatic heterocycles. The third-order valence-corrected chi connectivity index (χ3v) is 3.86. The van der Waals surface area contributed by atoms with Crippen LogP contribution < -0.4 is 5.32 Å². The van der Waals surface area contributed by atoms with E-state index in [9.17, 15) is 4.79 Å². The number of hydrogen-bond acceptors (Lipinski definition) is 2. The van der Waals surface area contributed by atoms with Crippen molar-refractivity contribution in [3.63, 3.8) is 0 Å². The molecule has 1 amide bonds. The van der Waals surface area contributed by atoms with Gasteiger partial charge in [0.1, 0.15) is 0 Å². The molecule has 1 aliphatic rings. The standard InChI is InChI=1S/C15H21NO2/c1-11-5-3-6-13(9-11)15(7-4-8-15)14(18)16-12(2)10-17/h3,5-6,9,12,17H,4,7-8,10H2,1-2H3,(H,16,18)/t12-/m0/s1. The minimum absolute atomic E-state index is 0.0182. The second kappa shape index (κ2) is 5.11. The van der Waals surface area contributed by atoms with Crippen LogP contribution in [0.4, 0.5) is 0 Å². The van der Waals surface area contributed by atoms with Crippen molar-refractivity contribution in [2.24, 2.45) is 0 Å². The van der Waals surface area contributed by atoms with E-state index in [0.717, 1.165) is 24.8 Å². The molecule has 1 aliphatic carbocycles. The van der Waals surface area contributed by atoms with E-state index >= 15 is 0 Å². The average molecular weight is 247 g/mol. The number of rotatable bonds is 4. The van der Waals surface area contributed by atoms with Crippen molar-refractivity contribution in [2.45, 2.75) is 44.6 Å². The molecule has 18 heavy (non-hydrogen) atoms. The van der Waals surface area contributed by atoms with E-state index in [2.05, 4.69) is 11.4 Å². The zero-order valence-electron chi connectivity index (χ0n) is 11.1. The fourth-order valence-corrected chi connectivity index (χ4v) is 2.53. The summed E-state index contributed by atoms with van der Waals surface area (Å²) in [6, 6.07) is 8.01. The summed E-state index contributed by atoms with van der Waals surface area (Å²) in [5.74, 6) is 0.0564. The Kier molecular flexibility index (Phi) is 3.71. The van der Waals surface area contributed by atoms with E-state index in [0.29, 0.717) is 0 Å². The van der Waals surface area contributed by atoms with Crippen LogP contribution in [-0.2, 0) is 10.2 Å². The van der Waals surface area contributed by atoms with Crippen molar-refractivity contribution in [2.75, 3.05) is 6.61 Å². The van der Waals surface area contributed by atoms with Gasteiger partial charge in [0.2, 0.25) is 5.91 Å². The van der Waals surface area contributed by atoms with Crippen LogP contribution in [-0.4, -0.2) is 23.7 Å². The summed E-state index contributed by atoms with van der Waals surface area (Å²) in [4.78, 5) is 12.4. The maximum absolute atomic E-state index is 12.4. The van der Waals surface area contributed by atoms with Gasteiger partial charge in [0.15, 0.2) is 0 Å². The Morgan fingerprint density at radius 3 is 2.72 bits per heavy atom. The van der Waals surface area contributed by atoms with Crippen LogP contribution in [0.1, 0.15) is 37.3 Å². The topological polar surface area (TPSA) is 49.3 Å². The van der Waals surface area contributed by atoms with Gasteiger partial charge in [-0.3, -0.25) is 4.79 Å². The van der Waals surface area contributed by atoms with Gasteiger partial charge in [0.25, 0.3) is 0 Å². The summed E-state index contributed by atoms with van der Waals surface area (Å²) in [6.45, 7) is 3.85. The Morgan fingerprint density at radius 2 is 2.22 bits per heavy atom. The fraction of sp³-hybridized carbons (Fsp3) is 0.533. The molecule has 1 fully saturated rings. The summed E-state index contributed by atoms with van der Waals surface area (Å²) in [7, 11) is 0. The average Bonchev–Trinajstić information content (AvgIpc) is 2.27. The van der Waals surface area contributed by atoms with Crippen LogP contribution >= 0.6 is 0 Å². The van der Waals surface area contributed by atoms with Crippen molar-refractivity contribution in [3.8, 4) is 0 Å². The first kappa shape index (κ1) is 13.1. The zero-order chi connectivity index (χ0) is 13.2. The monoisotopic (exact) mass is 247 g/mol.